The minimum atomic E-state index is -3.64. The number of alkyl halides is 3. The lowest BCUT2D eigenvalue weighted by Gasteiger charge is -2.27. The molecule has 2 rings (SSSR count). The van der Waals surface area contributed by atoms with Crippen LogP contribution in [-0.4, -0.2) is 34.7 Å². The van der Waals surface area contributed by atoms with Crippen molar-refractivity contribution in [1.82, 2.24) is 15.0 Å². The van der Waals surface area contributed by atoms with Crippen LogP contribution in [0, 0.1) is 0 Å². The largest absolute Gasteiger partial charge is 0.400 e. The third-order valence-electron chi connectivity index (χ3n) is 2.92. The van der Waals surface area contributed by atoms with Gasteiger partial charge < -0.3 is 15.2 Å². The molecule has 2 heterocycles. The van der Waals surface area contributed by atoms with E-state index in [1.165, 1.54) is 6.42 Å². The highest BCUT2D eigenvalue weighted by Gasteiger charge is 2.36. The topological polar surface area (TPSA) is 68.2 Å². The highest BCUT2D eigenvalue weighted by Crippen LogP contribution is 2.31. The molecule has 1 aliphatic rings. The molecule has 0 amide bonds. The normalized spacial score (nSPS) is 20.0. The van der Waals surface area contributed by atoms with Crippen molar-refractivity contribution in [1.29, 1.82) is 0 Å². The number of halogens is 3. The Hall–Kier alpha value is -0.790. The fourth-order valence-corrected chi connectivity index (χ4v) is 2.08. The Morgan fingerprint density at radius 1 is 1.39 bits per heavy atom. The van der Waals surface area contributed by atoms with E-state index in [0.717, 1.165) is 25.9 Å². The van der Waals surface area contributed by atoms with Crippen molar-refractivity contribution in [3.05, 3.63) is 11.7 Å². The first-order valence-electron chi connectivity index (χ1n) is 5.85. The summed E-state index contributed by atoms with van der Waals surface area (Å²) in [6.07, 6.45) is 3.48. The second-order valence-corrected chi connectivity index (χ2v) is 4.90. The molecule has 2 N–H and O–H groups in total. The quantitative estimate of drug-likeness (QED) is 0.853. The van der Waals surface area contributed by atoms with Crippen LogP contribution >= 0.6 is 11.6 Å². The Morgan fingerprint density at radius 2 is 2.06 bits per heavy atom. The number of nitrogens with two attached hydrogens (primary N) is 1. The third kappa shape index (κ3) is 3.37. The zero-order chi connectivity index (χ0) is 13.2. The van der Waals surface area contributed by atoms with Crippen LogP contribution in [0.25, 0.3) is 0 Å². The molecule has 1 unspecified atom stereocenters. The SMILES string of the molecule is NC(CN1CCCCC1)c1noc(C(F)(F)Cl)n1. The first-order chi connectivity index (χ1) is 8.47. The van der Waals surface area contributed by atoms with E-state index in [1.807, 2.05) is 0 Å². The summed E-state index contributed by atoms with van der Waals surface area (Å²) in [5, 5.41) is -0.197. The van der Waals surface area contributed by atoms with Crippen molar-refractivity contribution in [2.24, 2.45) is 5.73 Å². The van der Waals surface area contributed by atoms with Gasteiger partial charge in [0.1, 0.15) is 0 Å². The van der Waals surface area contributed by atoms with Crippen molar-refractivity contribution in [2.45, 2.75) is 30.7 Å². The van der Waals surface area contributed by atoms with Gasteiger partial charge in [-0.05, 0) is 37.5 Å². The minimum absolute atomic E-state index is 0.0656. The fraction of sp³-hybridized carbons (Fsp3) is 0.800. The number of rotatable bonds is 4. The molecule has 1 aromatic rings. The van der Waals surface area contributed by atoms with Crippen molar-refractivity contribution < 1.29 is 13.3 Å². The van der Waals surface area contributed by atoms with Crippen molar-refractivity contribution in [2.75, 3.05) is 19.6 Å². The van der Waals surface area contributed by atoms with E-state index in [2.05, 4.69) is 19.6 Å². The second kappa shape index (κ2) is 5.46. The minimum Gasteiger partial charge on any atom is -0.331 e. The summed E-state index contributed by atoms with van der Waals surface area (Å²) in [4.78, 5) is 5.71. The maximum atomic E-state index is 12.7. The van der Waals surface area contributed by atoms with Gasteiger partial charge in [-0.1, -0.05) is 11.6 Å². The smallest absolute Gasteiger partial charge is 0.331 e. The predicted molar refractivity (Wildman–Crippen MR) is 61.3 cm³/mol. The summed E-state index contributed by atoms with van der Waals surface area (Å²) in [6, 6.07) is -0.542. The maximum absolute atomic E-state index is 12.7. The molecule has 0 radical (unpaired) electrons. The van der Waals surface area contributed by atoms with Crippen LogP contribution in [0.1, 0.15) is 37.0 Å². The van der Waals surface area contributed by atoms with E-state index < -0.39 is 17.3 Å². The summed E-state index contributed by atoms with van der Waals surface area (Å²) >= 11 is 4.79. The van der Waals surface area contributed by atoms with Crippen LogP contribution in [0.4, 0.5) is 8.78 Å². The highest BCUT2D eigenvalue weighted by atomic mass is 35.5. The maximum Gasteiger partial charge on any atom is 0.400 e. The number of likely N-dealkylation sites (tertiary alicyclic amines) is 1. The first-order valence-corrected chi connectivity index (χ1v) is 6.23. The van der Waals surface area contributed by atoms with Gasteiger partial charge in [0.05, 0.1) is 6.04 Å². The van der Waals surface area contributed by atoms with Gasteiger partial charge >= 0.3 is 11.3 Å². The van der Waals surface area contributed by atoms with E-state index in [4.69, 9.17) is 17.3 Å². The number of piperidine rings is 1. The molecule has 1 atom stereocenters. The fourth-order valence-electron chi connectivity index (χ4n) is 2.00. The molecular formula is C10H15ClF2N4O. The monoisotopic (exact) mass is 280 g/mol. The molecule has 18 heavy (non-hydrogen) atoms. The molecule has 0 saturated carbocycles. The summed E-state index contributed by atoms with van der Waals surface area (Å²) in [5.41, 5.74) is 5.87. The molecule has 1 saturated heterocycles. The first kappa shape index (κ1) is 13.6. The van der Waals surface area contributed by atoms with E-state index in [1.54, 1.807) is 0 Å². The Labute approximate surface area is 108 Å². The zero-order valence-electron chi connectivity index (χ0n) is 9.78. The average Bonchev–Trinajstić information content (AvgIpc) is 2.79. The van der Waals surface area contributed by atoms with Crippen LogP contribution in [0.2, 0.25) is 0 Å². The third-order valence-corrected chi connectivity index (χ3v) is 3.08. The second-order valence-electron chi connectivity index (χ2n) is 4.42. The van der Waals surface area contributed by atoms with Gasteiger partial charge in [-0.3, -0.25) is 0 Å². The molecule has 5 nitrogen and oxygen atoms in total. The number of hydrogen-bond acceptors (Lipinski definition) is 5. The summed E-state index contributed by atoms with van der Waals surface area (Å²) in [7, 11) is 0. The molecule has 1 aliphatic heterocycles. The van der Waals surface area contributed by atoms with E-state index in [0.29, 0.717) is 6.54 Å². The molecule has 0 bridgehead atoms. The van der Waals surface area contributed by atoms with Crippen molar-refractivity contribution in [3.8, 4) is 0 Å². The van der Waals surface area contributed by atoms with Crippen LogP contribution in [0.15, 0.2) is 4.52 Å². The van der Waals surface area contributed by atoms with Gasteiger partial charge in [-0.15, -0.1) is 0 Å². The number of hydrogen-bond donors (Lipinski definition) is 1. The van der Waals surface area contributed by atoms with E-state index >= 15 is 0 Å². The predicted octanol–water partition coefficient (Wildman–Crippen LogP) is 1.84. The summed E-state index contributed by atoms with van der Waals surface area (Å²) < 4.78 is 29.8. The van der Waals surface area contributed by atoms with Crippen molar-refractivity contribution >= 4 is 11.6 Å². The van der Waals surface area contributed by atoms with Gasteiger partial charge in [-0.25, -0.2) is 0 Å². The lowest BCUT2D eigenvalue weighted by molar-refractivity contribution is 0.0550. The van der Waals surface area contributed by atoms with Crippen LogP contribution in [0.3, 0.4) is 0 Å². The molecular weight excluding hydrogens is 266 g/mol. The van der Waals surface area contributed by atoms with Gasteiger partial charge in [0, 0.05) is 6.54 Å². The summed E-state index contributed by atoms with van der Waals surface area (Å²) in [5.74, 6) is -0.843. The Kier molecular flexibility index (Phi) is 4.14. The Balaban J connectivity index is 1.96. The molecule has 1 aromatic heterocycles. The average molecular weight is 281 g/mol. The Bertz CT molecular complexity index is 389. The van der Waals surface area contributed by atoms with E-state index in [9.17, 15) is 8.78 Å². The number of nitrogens with zero attached hydrogens (tertiary/aromatic N) is 3. The van der Waals surface area contributed by atoms with Gasteiger partial charge in [-0.2, -0.15) is 13.8 Å². The molecule has 102 valence electrons. The molecule has 0 aliphatic carbocycles. The summed E-state index contributed by atoms with van der Waals surface area (Å²) in [6.45, 7) is 2.46. The van der Waals surface area contributed by atoms with Gasteiger partial charge in [0.2, 0.25) is 0 Å². The number of aromatic nitrogens is 2. The Morgan fingerprint density at radius 3 is 2.61 bits per heavy atom. The van der Waals surface area contributed by atoms with Gasteiger partial charge in [0.15, 0.2) is 5.82 Å². The van der Waals surface area contributed by atoms with Crippen LogP contribution in [0.5, 0.6) is 0 Å². The van der Waals surface area contributed by atoms with E-state index in [-0.39, 0.29) is 5.82 Å². The van der Waals surface area contributed by atoms with Crippen LogP contribution in [-0.2, 0) is 5.38 Å². The lowest BCUT2D eigenvalue weighted by atomic mass is 10.1. The molecule has 1 fully saturated rings. The molecule has 0 aromatic carbocycles. The molecule has 8 heteroatoms. The van der Waals surface area contributed by atoms with Crippen LogP contribution < -0.4 is 5.73 Å². The van der Waals surface area contributed by atoms with Gasteiger partial charge in [0.25, 0.3) is 0 Å². The van der Waals surface area contributed by atoms with Crippen molar-refractivity contribution in [3.63, 3.8) is 0 Å². The standard InChI is InChI=1S/C10H15ClF2N4O/c11-10(12,13)9-15-8(16-18-9)7(14)6-17-4-2-1-3-5-17/h7H,1-6,14H2. The highest BCUT2D eigenvalue weighted by molar-refractivity contribution is 6.21. The zero-order valence-corrected chi connectivity index (χ0v) is 10.5. The lowest BCUT2D eigenvalue weighted by Crippen LogP contribution is -2.36. The molecule has 0 spiro atoms.